The monoisotopic (exact) mass is 271 g/mol. The number of carbonyl (C=O) groups excluding carboxylic acids is 1. The van der Waals surface area contributed by atoms with Crippen LogP contribution in [0, 0.1) is 0 Å². The Labute approximate surface area is 117 Å². The molecular weight excluding hydrogens is 254 g/mol. The molecule has 104 valence electrons. The summed E-state index contributed by atoms with van der Waals surface area (Å²) in [5.41, 5.74) is 3.17. The molecule has 0 saturated carbocycles. The number of hydrogen-bond acceptors (Lipinski definition) is 4. The number of esters is 1. The van der Waals surface area contributed by atoms with E-state index in [0.29, 0.717) is 6.61 Å². The Balaban J connectivity index is 1.58. The van der Waals surface area contributed by atoms with Crippen LogP contribution in [0.15, 0.2) is 36.7 Å². The number of fused-ring (bicyclic) bond motifs is 1. The second kappa shape index (κ2) is 5.88. The van der Waals surface area contributed by atoms with Crippen molar-refractivity contribution in [1.82, 2.24) is 14.9 Å². The first-order valence-corrected chi connectivity index (χ1v) is 6.76. The Morgan fingerprint density at radius 3 is 3.05 bits per heavy atom. The van der Waals surface area contributed by atoms with Crippen molar-refractivity contribution in [3.8, 4) is 0 Å². The summed E-state index contributed by atoms with van der Waals surface area (Å²) in [4.78, 5) is 16.2. The van der Waals surface area contributed by atoms with Crippen LogP contribution in [0.2, 0.25) is 0 Å². The average molecular weight is 271 g/mol. The minimum atomic E-state index is -0.229. The standard InChI is InChI=1S/C15H17N3O2/c19-15(20-10-12-4-2-1-3-5-12)9-18-11-17-13-8-16-7-6-14(13)18/h1-5,11,16H,6-10H2. The molecule has 2 aromatic rings. The molecule has 0 bridgehead atoms. The maximum Gasteiger partial charge on any atom is 0.326 e. The number of nitrogens with one attached hydrogen (secondary N) is 1. The fourth-order valence-electron chi connectivity index (χ4n) is 2.36. The van der Waals surface area contributed by atoms with E-state index in [4.69, 9.17) is 4.74 Å². The van der Waals surface area contributed by atoms with E-state index < -0.39 is 0 Å². The third-order valence-electron chi connectivity index (χ3n) is 3.41. The highest BCUT2D eigenvalue weighted by Crippen LogP contribution is 2.12. The van der Waals surface area contributed by atoms with E-state index in [-0.39, 0.29) is 12.5 Å². The third-order valence-corrected chi connectivity index (χ3v) is 3.41. The molecule has 5 nitrogen and oxygen atoms in total. The Morgan fingerprint density at radius 2 is 2.20 bits per heavy atom. The molecule has 0 aliphatic carbocycles. The molecule has 0 unspecified atom stereocenters. The van der Waals surface area contributed by atoms with Gasteiger partial charge in [-0.25, -0.2) is 4.98 Å². The fraction of sp³-hybridized carbons (Fsp3) is 0.333. The zero-order valence-corrected chi connectivity index (χ0v) is 11.2. The summed E-state index contributed by atoms with van der Waals surface area (Å²) >= 11 is 0. The number of nitrogens with zero attached hydrogens (tertiary/aromatic N) is 2. The van der Waals surface area contributed by atoms with Gasteiger partial charge in [0.15, 0.2) is 0 Å². The molecule has 1 aromatic carbocycles. The van der Waals surface area contributed by atoms with Gasteiger partial charge in [-0.3, -0.25) is 4.79 Å². The minimum absolute atomic E-state index is 0.229. The number of carbonyl (C=O) groups is 1. The van der Waals surface area contributed by atoms with E-state index in [1.807, 2.05) is 34.9 Å². The molecule has 3 rings (SSSR count). The van der Waals surface area contributed by atoms with Crippen molar-refractivity contribution < 1.29 is 9.53 Å². The quantitative estimate of drug-likeness (QED) is 0.851. The maximum atomic E-state index is 11.9. The predicted molar refractivity (Wildman–Crippen MR) is 73.9 cm³/mol. The molecule has 2 heterocycles. The summed E-state index contributed by atoms with van der Waals surface area (Å²) in [5.74, 6) is -0.229. The number of hydrogen-bond donors (Lipinski definition) is 1. The van der Waals surface area contributed by atoms with Crippen molar-refractivity contribution in [2.45, 2.75) is 26.1 Å². The van der Waals surface area contributed by atoms with Crippen molar-refractivity contribution in [3.63, 3.8) is 0 Å². The largest absolute Gasteiger partial charge is 0.459 e. The van der Waals surface area contributed by atoms with Crippen LogP contribution in [0.3, 0.4) is 0 Å². The molecule has 0 saturated heterocycles. The van der Waals surface area contributed by atoms with Gasteiger partial charge in [-0.1, -0.05) is 30.3 Å². The fourth-order valence-corrected chi connectivity index (χ4v) is 2.36. The van der Waals surface area contributed by atoms with Gasteiger partial charge in [-0.2, -0.15) is 0 Å². The summed E-state index contributed by atoms with van der Waals surface area (Å²) < 4.78 is 7.18. The van der Waals surface area contributed by atoms with Crippen LogP contribution in [0.5, 0.6) is 0 Å². The van der Waals surface area contributed by atoms with Gasteiger partial charge in [-0.05, 0) is 5.56 Å². The summed E-state index contributed by atoms with van der Waals surface area (Å²) in [5, 5.41) is 3.26. The maximum absolute atomic E-state index is 11.9. The summed E-state index contributed by atoms with van der Waals surface area (Å²) in [7, 11) is 0. The molecule has 1 N–H and O–H groups in total. The molecule has 1 aliphatic heterocycles. The molecule has 20 heavy (non-hydrogen) atoms. The topological polar surface area (TPSA) is 56.2 Å². The van der Waals surface area contributed by atoms with Crippen LogP contribution >= 0.6 is 0 Å². The highest BCUT2D eigenvalue weighted by atomic mass is 16.5. The van der Waals surface area contributed by atoms with Gasteiger partial charge in [0.25, 0.3) is 0 Å². The third kappa shape index (κ3) is 2.88. The van der Waals surface area contributed by atoms with Gasteiger partial charge in [0, 0.05) is 25.2 Å². The molecule has 1 aliphatic rings. The summed E-state index contributed by atoms with van der Waals surface area (Å²) in [6.45, 7) is 2.26. The minimum Gasteiger partial charge on any atom is -0.459 e. The first kappa shape index (κ1) is 12.9. The Kier molecular flexibility index (Phi) is 3.78. The normalized spacial score (nSPS) is 13.8. The number of ether oxygens (including phenoxy) is 1. The van der Waals surface area contributed by atoms with E-state index in [0.717, 1.165) is 36.5 Å². The molecule has 0 radical (unpaired) electrons. The lowest BCUT2D eigenvalue weighted by atomic mass is 10.2. The summed E-state index contributed by atoms with van der Waals surface area (Å²) in [6.07, 6.45) is 2.63. The van der Waals surface area contributed by atoms with Crippen molar-refractivity contribution in [2.24, 2.45) is 0 Å². The number of aromatic nitrogens is 2. The lowest BCUT2D eigenvalue weighted by Crippen LogP contribution is -2.26. The Hall–Kier alpha value is -2.14. The van der Waals surface area contributed by atoms with Crippen LogP contribution < -0.4 is 5.32 Å². The van der Waals surface area contributed by atoms with Crippen LogP contribution in [0.25, 0.3) is 0 Å². The smallest absolute Gasteiger partial charge is 0.326 e. The Morgan fingerprint density at radius 1 is 1.35 bits per heavy atom. The zero-order chi connectivity index (χ0) is 13.8. The van der Waals surface area contributed by atoms with E-state index in [1.165, 1.54) is 0 Å². The molecule has 0 atom stereocenters. The molecule has 0 fully saturated rings. The number of benzene rings is 1. The van der Waals surface area contributed by atoms with Crippen molar-refractivity contribution in [2.75, 3.05) is 6.54 Å². The number of imidazole rings is 1. The highest BCUT2D eigenvalue weighted by molar-refractivity contribution is 5.69. The van der Waals surface area contributed by atoms with Gasteiger partial charge < -0.3 is 14.6 Å². The SMILES string of the molecule is O=C(Cn1cnc2c1CCNC2)OCc1ccccc1. The Bertz CT molecular complexity index is 592. The lowest BCUT2D eigenvalue weighted by molar-refractivity contribution is -0.145. The predicted octanol–water partition coefficient (Wildman–Crippen LogP) is 1.27. The summed E-state index contributed by atoms with van der Waals surface area (Å²) in [6, 6.07) is 9.69. The van der Waals surface area contributed by atoms with Crippen LogP contribution in [-0.2, 0) is 35.6 Å². The molecule has 0 amide bonds. The lowest BCUT2D eigenvalue weighted by Gasteiger charge is -2.14. The van der Waals surface area contributed by atoms with Crippen molar-refractivity contribution in [1.29, 1.82) is 0 Å². The first-order chi connectivity index (χ1) is 9.83. The van der Waals surface area contributed by atoms with Crippen LogP contribution in [-0.4, -0.2) is 22.1 Å². The van der Waals surface area contributed by atoms with Crippen LogP contribution in [0.1, 0.15) is 17.0 Å². The second-order valence-corrected chi connectivity index (χ2v) is 4.84. The highest BCUT2D eigenvalue weighted by Gasteiger charge is 2.16. The van der Waals surface area contributed by atoms with Gasteiger partial charge in [0.05, 0.1) is 12.0 Å². The van der Waals surface area contributed by atoms with E-state index in [9.17, 15) is 4.79 Å². The second-order valence-electron chi connectivity index (χ2n) is 4.84. The van der Waals surface area contributed by atoms with Gasteiger partial charge >= 0.3 is 5.97 Å². The molecule has 1 aromatic heterocycles. The molecule has 5 heteroatoms. The van der Waals surface area contributed by atoms with E-state index in [2.05, 4.69) is 10.3 Å². The number of rotatable bonds is 4. The molecular formula is C15H17N3O2. The van der Waals surface area contributed by atoms with Crippen molar-refractivity contribution in [3.05, 3.63) is 53.6 Å². The van der Waals surface area contributed by atoms with E-state index >= 15 is 0 Å². The van der Waals surface area contributed by atoms with Crippen LogP contribution in [0.4, 0.5) is 0 Å². The van der Waals surface area contributed by atoms with Gasteiger partial charge in [0.1, 0.15) is 13.2 Å². The first-order valence-electron chi connectivity index (χ1n) is 6.76. The average Bonchev–Trinajstić information content (AvgIpc) is 2.90. The zero-order valence-electron chi connectivity index (χ0n) is 11.2. The van der Waals surface area contributed by atoms with E-state index in [1.54, 1.807) is 6.33 Å². The molecule has 0 spiro atoms. The van der Waals surface area contributed by atoms with Crippen molar-refractivity contribution >= 4 is 5.97 Å². The van der Waals surface area contributed by atoms with Gasteiger partial charge in [-0.15, -0.1) is 0 Å². The van der Waals surface area contributed by atoms with Gasteiger partial charge in [0.2, 0.25) is 0 Å².